The number of amides is 1. The predicted octanol–water partition coefficient (Wildman–Crippen LogP) is 0.902. The number of aliphatic carboxylic acids is 2. The van der Waals surface area contributed by atoms with Crippen LogP contribution in [0.15, 0.2) is 24.3 Å². The molecule has 0 radical (unpaired) electrons. The van der Waals surface area contributed by atoms with Gasteiger partial charge in [0.1, 0.15) is 12.3 Å². The minimum Gasteiger partial charge on any atom is -0.480 e. The van der Waals surface area contributed by atoms with Gasteiger partial charge in [-0.25, -0.2) is 0 Å². The van der Waals surface area contributed by atoms with Gasteiger partial charge in [-0.2, -0.15) is 0 Å². The molecule has 11 N–H and O–H groups in total. The van der Waals surface area contributed by atoms with Gasteiger partial charge in [0.15, 0.2) is 0 Å². The lowest BCUT2D eigenvalue weighted by atomic mass is 9.97. The summed E-state index contributed by atoms with van der Waals surface area (Å²) in [6.45, 7) is 1.66. The summed E-state index contributed by atoms with van der Waals surface area (Å²) >= 11 is 0. The van der Waals surface area contributed by atoms with Gasteiger partial charge in [0, 0.05) is 24.2 Å². The number of carboxylic acid groups (broad SMARTS) is 2. The van der Waals surface area contributed by atoms with E-state index in [1.54, 1.807) is 24.3 Å². The molecular weight excluding hydrogens is 430 g/mol. The van der Waals surface area contributed by atoms with E-state index in [-0.39, 0.29) is 12.5 Å². The number of carbonyl (C=O) groups excluding carboxylic acids is 2. The van der Waals surface area contributed by atoms with E-state index in [0.29, 0.717) is 36.7 Å². The van der Waals surface area contributed by atoms with E-state index in [9.17, 15) is 19.2 Å². The zero-order valence-electron chi connectivity index (χ0n) is 19.2. The molecule has 1 aliphatic carbocycles. The van der Waals surface area contributed by atoms with Crippen molar-refractivity contribution in [3.05, 3.63) is 29.8 Å². The van der Waals surface area contributed by atoms with Gasteiger partial charge < -0.3 is 38.5 Å². The van der Waals surface area contributed by atoms with Crippen molar-refractivity contribution >= 4 is 29.8 Å². The average molecular weight is 470 g/mol. The van der Waals surface area contributed by atoms with Gasteiger partial charge in [-0.1, -0.05) is 19.3 Å². The zero-order chi connectivity index (χ0) is 25.6. The number of hydrogen-bond donors (Lipinski definition) is 7. The number of carbonyl (C=O) groups is 4. The van der Waals surface area contributed by atoms with Crippen LogP contribution in [0.1, 0.15) is 62.2 Å². The highest BCUT2D eigenvalue weighted by atomic mass is 16.4. The molecule has 1 fully saturated rings. The van der Waals surface area contributed by atoms with Gasteiger partial charge in [-0.05, 0) is 56.5 Å². The third-order valence-corrected chi connectivity index (χ3v) is 4.23. The van der Waals surface area contributed by atoms with Crippen LogP contribution in [0.4, 0.5) is 5.69 Å². The molecule has 1 atom stereocenters. The molecular formula is C22H39N5O6. The fourth-order valence-corrected chi connectivity index (χ4v) is 2.44. The van der Waals surface area contributed by atoms with Crippen molar-refractivity contribution in [2.45, 2.75) is 64.0 Å². The molecule has 0 spiro atoms. The minimum atomic E-state index is -0.968. The molecule has 1 aromatic rings. The number of aldehydes is 1. The van der Waals surface area contributed by atoms with Crippen LogP contribution in [-0.4, -0.2) is 59.5 Å². The maximum absolute atomic E-state index is 10.6. The van der Waals surface area contributed by atoms with E-state index in [1.807, 2.05) is 0 Å². The Labute approximate surface area is 194 Å². The highest BCUT2D eigenvalue weighted by molar-refractivity contribution is 5.89. The Morgan fingerprint density at radius 1 is 1.09 bits per heavy atom. The number of rotatable bonds is 7. The quantitative estimate of drug-likeness (QED) is 0.279. The molecule has 1 saturated carbocycles. The lowest BCUT2D eigenvalue weighted by Crippen LogP contribution is -2.30. The molecule has 0 aliphatic heterocycles. The van der Waals surface area contributed by atoms with Crippen LogP contribution in [0, 0.1) is 0 Å². The standard InChI is InChI=1S/C9H9NO2.C6H13N.C5H12N2O2.C2H5NO2/c1-7(12)10-9-4-2-8(6-11)3-5-9;7-6-4-2-1-3-5-6;6-3-1-2-4(7)5(8)9;3-1-2(4)5/h2-6H,1H3,(H,10,12);6H,1-5,7H2;4H,1-3,6-7H2,(H,8,9);1,3H2,(H,4,5)/t;;4-;/m..0./s1. The lowest BCUT2D eigenvalue weighted by molar-refractivity contribution is -0.138. The molecule has 33 heavy (non-hydrogen) atoms. The highest BCUT2D eigenvalue weighted by Crippen LogP contribution is 2.14. The van der Waals surface area contributed by atoms with Crippen LogP contribution in [0.25, 0.3) is 0 Å². The third-order valence-electron chi connectivity index (χ3n) is 4.23. The van der Waals surface area contributed by atoms with E-state index in [1.165, 1.54) is 39.0 Å². The highest BCUT2D eigenvalue weighted by Gasteiger charge is 2.09. The van der Waals surface area contributed by atoms with Gasteiger partial charge in [-0.15, -0.1) is 0 Å². The molecule has 11 nitrogen and oxygen atoms in total. The number of carboxylic acids is 2. The molecule has 0 heterocycles. The Balaban J connectivity index is 0. The topological polar surface area (TPSA) is 225 Å². The van der Waals surface area contributed by atoms with Crippen LogP contribution in [0.5, 0.6) is 0 Å². The van der Waals surface area contributed by atoms with Gasteiger partial charge in [-0.3, -0.25) is 19.2 Å². The number of anilines is 1. The van der Waals surface area contributed by atoms with Gasteiger partial charge >= 0.3 is 11.9 Å². The van der Waals surface area contributed by atoms with E-state index in [4.69, 9.17) is 27.4 Å². The summed E-state index contributed by atoms with van der Waals surface area (Å²) in [7, 11) is 0. The molecule has 11 heteroatoms. The molecule has 188 valence electrons. The fourth-order valence-electron chi connectivity index (χ4n) is 2.44. The average Bonchev–Trinajstić information content (AvgIpc) is 2.79. The van der Waals surface area contributed by atoms with Crippen molar-refractivity contribution in [3.8, 4) is 0 Å². The number of nitrogens with one attached hydrogen (secondary N) is 1. The van der Waals surface area contributed by atoms with Crippen molar-refractivity contribution in [2.75, 3.05) is 18.4 Å². The van der Waals surface area contributed by atoms with Crippen molar-refractivity contribution in [3.63, 3.8) is 0 Å². The Bertz CT molecular complexity index is 678. The van der Waals surface area contributed by atoms with Crippen molar-refractivity contribution in [2.24, 2.45) is 22.9 Å². The lowest BCUT2D eigenvalue weighted by Gasteiger charge is -2.15. The largest absolute Gasteiger partial charge is 0.480 e. The molecule has 0 aromatic heterocycles. The summed E-state index contributed by atoms with van der Waals surface area (Å²) in [6, 6.07) is 6.47. The van der Waals surface area contributed by atoms with Crippen LogP contribution >= 0.6 is 0 Å². The normalized spacial score (nSPS) is 13.4. The predicted molar refractivity (Wildman–Crippen MR) is 128 cm³/mol. The van der Waals surface area contributed by atoms with E-state index < -0.39 is 18.0 Å². The number of benzene rings is 1. The second-order valence-corrected chi connectivity index (χ2v) is 7.29. The number of hydrogen-bond acceptors (Lipinski definition) is 8. The van der Waals surface area contributed by atoms with Crippen molar-refractivity contribution in [1.29, 1.82) is 0 Å². The summed E-state index contributed by atoms with van der Waals surface area (Å²) in [5.74, 6) is -2.04. The second-order valence-electron chi connectivity index (χ2n) is 7.29. The summed E-state index contributed by atoms with van der Waals surface area (Å²) in [4.78, 5) is 40.1. The van der Waals surface area contributed by atoms with Crippen LogP contribution in [-0.2, 0) is 14.4 Å². The first-order chi connectivity index (χ1) is 15.6. The smallest absolute Gasteiger partial charge is 0.320 e. The minimum absolute atomic E-state index is 0.117. The summed E-state index contributed by atoms with van der Waals surface area (Å²) < 4.78 is 0. The Hall–Kier alpha value is -2.86. The second kappa shape index (κ2) is 21.0. The Morgan fingerprint density at radius 2 is 1.61 bits per heavy atom. The molecule has 0 bridgehead atoms. The first kappa shape index (κ1) is 32.3. The summed E-state index contributed by atoms with van der Waals surface area (Å²) in [6.07, 6.45) is 8.56. The summed E-state index contributed by atoms with van der Waals surface area (Å²) in [5, 5.41) is 18.4. The van der Waals surface area contributed by atoms with Crippen LogP contribution in [0.3, 0.4) is 0 Å². The van der Waals surface area contributed by atoms with Crippen molar-refractivity contribution in [1.82, 2.24) is 0 Å². The molecule has 1 aliphatic rings. The first-order valence-electron chi connectivity index (χ1n) is 10.8. The zero-order valence-corrected chi connectivity index (χ0v) is 19.2. The van der Waals surface area contributed by atoms with Gasteiger partial charge in [0.2, 0.25) is 5.91 Å². The molecule has 1 amide bonds. The molecule has 0 saturated heterocycles. The van der Waals surface area contributed by atoms with E-state index in [2.05, 4.69) is 11.1 Å². The SMILES string of the molecule is CC(=O)Nc1ccc(C=O)cc1.NC1CCCCC1.NCC(=O)O.NCCC[C@H](N)C(=O)O. The Kier molecular flexibility index (Phi) is 20.6. The molecule has 2 rings (SSSR count). The maximum Gasteiger partial charge on any atom is 0.320 e. The first-order valence-corrected chi connectivity index (χ1v) is 10.8. The van der Waals surface area contributed by atoms with E-state index >= 15 is 0 Å². The fraction of sp³-hybridized carbons (Fsp3) is 0.545. The Morgan fingerprint density at radius 3 is 1.91 bits per heavy atom. The third kappa shape index (κ3) is 22.1. The van der Waals surface area contributed by atoms with Gasteiger partial charge in [0.05, 0.1) is 6.54 Å². The molecule has 1 aromatic carbocycles. The van der Waals surface area contributed by atoms with Crippen molar-refractivity contribution < 1.29 is 29.4 Å². The monoisotopic (exact) mass is 469 g/mol. The summed E-state index contributed by atoms with van der Waals surface area (Å²) in [5.41, 5.74) is 21.8. The maximum atomic E-state index is 10.6. The number of nitrogens with two attached hydrogens (primary N) is 4. The van der Waals surface area contributed by atoms with Gasteiger partial charge in [0.25, 0.3) is 0 Å². The van der Waals surface area contributed by atoms with E-state index in [0.717, 1.165) is 6.29 Å². The van der Waals surface area contributed by atoms with Crippen LogP contribution < -0.4 is 28.3 Å². The van der Waals surface area contributed by atoms with Crippen LogP contribution in [0.2, 0.25) is 0 Å². The molecule has 0 unspecified atom stereocenters.